The Balaban J connectivity index is 2.61. The third kappa shape index (κ3) is 5.25. The Morgan fingerprint density at radius 1 is 1.26 bits per heavy atom. The minimum atomic E-state index is -0.166. The topological polar surface area (TPSA) is 41.5 Å². The lowest BCUT2D eigenvalue weighted by Gasteiger charge is -2.18. The molecule has 0 aliphatic heterocycles. The van der Waals surface area contributed by atoms with E-state index in [9.17, 15) is 4.79 Å². The van der Waals surface area contributed by atoms with Crippen LogP contribution in [-0.4, -0.2) is 12.1 Å². The molecular formula is C16H24N2O. The van der Waals surface area contributed by atoms with Crippen LogP contribution in [0, 0.1) is 5.92 Å². The van der Waals surface area contributed by atoms with Gasteiger partial charge in [0, 0.05) is 11.8 Å². The van der Waals surface area contributed by atoms with Crippen LogP contribution in [0.1, 0.15) is 57.0 Å². The second-order valence-electron chi connectivity index (χ2n) is 6.21. The van der Waals surface area contributed by atoms with Crippen LogP contribution in [0.25, 0.3) is 0 Å². The molecule has 0 spiro atoms. The van der Waals surface area contributed by atoms with E-state index in [1.54, 1.807) is 6.21 Å². The lowest BCUT2D eigenvalue weighted by atomic mass is 9.87. The van der Waals surface area contributed by atoms with Gasteiger partial charge in [0.05, 0.1) is 0 Å². The molecular weight excluding hydrogens is 236 g/mol. The smallest absolute Gasteiger partial charge is 0.267 e. The third-order valence-electron chi connectivity index (χ3n) is 2.85. The second-order valence-corrected chi connectivity index (χ2v) is 6.21. The summed E-state index contributed by atoms with van der Waals surface area (Å²) >= 11 is 0. The van der Waals surface area contributed by atoms with Crippen molar-refractivity contribution in [2.75, 3.05) is 0 Å². The summed E-state index contributed by atoms with van der Waals surface area (Å²) in [7, 11) is 0. The van der Waals surface area contributed by atoms with Crippen LogP contribution >= 0.6 is 0 Å². The molecule has 1 amide bonds. The van der Waals surface area contributed by atoms with Crippen molar-refractivity contribution in [1.82, 2.24) is 5.43 Å². The largest absolute Gasteiger partial charge is 0.271 e. The van der Waals surface area contributed by atoms with Crippen molar-refractivity contribution in [3.63, 3.8) is 0 Å². The molecule has 104 valence electrons. The van der Waals surface area contributed by atoms with E-state index in [1.165, 1.54) is 5.56 Å². The summed E-state index contributed by atoms with van der Waals surface area (Å²) in [6.07, 6.45) is 2.61. The number of benzene rings is 1. The highest BCUT2D eigenvalue weighted by molar-refractivity contribution is 5.94. The molecule has 0 fully saturated rings. The van der Waals surface area contributed by atoms with E-state index in [4.69, 9.17) is 0 Å². The molecule has 1 rings (SSSR count). The summed E-state index contributed by atoms with van der Waals surface area (Å²) in [6, 6.07) is 7.67. The monoisotopic (exact) mass is 260 g/mol. The molecule has 0 aliphatic carbocycles. The maximum Gasteiger partial charge on any atom is 0.271 e. The average molecular weight is 260 g/mol. The van der Waals surface area contributed by atoms with Gasteiger partial charge >= 0.3 is 0 Å². The quantitative estimate of drug-likeness (QED) is 0.650. The van der Waals surface area contributed by atoms with Gasteiger partial charge in [0.25, 0.3) is 5.91 Å². The summed E-state index contributed by atoms with van der Waals surface area (Å²) in [5, 5.41) is 3.93. The van der Waals surface area contributed by atoms with Gasteiger partial charge < -0.3 is 0 Å². The zero-order chi connectivity index (χ0) is 14.5. The zero-order valence-electron chi connectivity index (χ0n) is 12.5. The standard InChI is InChI=1S/C16H24N2O/c1-12(2)10-11-17-18-15(19)13-6-8-14(9-7-13)16(3,4)5/h6-9,11-12H,10H2,1-5H3,(H,18,19)/b17-11-. The Kier molecular flexibility index (Phi) is 5.28. The molecule has 0 radical (unpaired) electrons. The van der Waals surface area contributed by atoms with Crippen molar-refractivity contribution in [3.8, 4) is 0 Å². The minimum absolute atomic E-state index is 0.102. The molecule has 0 atom stereocenters. The number of nitrogens with zero attached hydrogens (tertiary/aromatic N) is 1. The number of carbonyl (C=O) groups is 1. The zero-order valence-corrected chi connectivity index (χ0v) is 12.5. The Morgan fingerprint density at radius 2 is 1.84 bits per heavy atom. The number of hydrogen-bond donors (Lipinski definition) is 1. The van der Waals surface area contributed by atoms with Crippen LogP contribution in [0.2, 0.25) is 0 Å². The molecule has 0 saturated carbocycles. The van der Waals surface area contributed by atoms with Crippen molar-refractivity contribution in [2.45, 2.75) is 46.5 Å². The second kappa shape index (κ2) is 6.50. The molecule has 0 aliphatic rings. The summed E-state index contributed by atoms with van der Waals surface area (Å²) in [5.74, 6) is 0.382. The van der Waals surface area contributed by atoms with Crippen molar-refractivity contribution >= 4 is 12.1 Å². The first-order valence-electron chi connectivity index (χ1n) is 6.73. The number of hydrogen-bond acceptors (Lipinski definition) is 2. The average Bonchev–Trinajstić information content (AvgIpc) is 2.33. The minimum Gasteiger partial charge on any atom is -0.267 e. The van der Waals surface area contributed by atoms with E-state index in [1.807, 2.05) is 24.3 Å². The molecule has 1 aromatic rings. The highest BCUT2D eigenvalue weighted by atomic mass is 16.2. The highest BCUT2D eigenvalue weighted by Gasteiger charge is 2.13. The predicted molar refractivity (Wildman–Crippen MR) is 80.6 cm³/mol. The van der Waals surface area contributed by atoms with Gasteiger partial charge in [-0.15, -0.1) is 0 Å². The Hall–Kier alpha value is -1.64. The summed E-state index contributed by atoms with van der Waals surface area (Å²) in [6.45, 7) is 10.7. The first-order chi connectivity index (χ1) is 8.80. The molecule has 0 unspecified atom stereocenters. The van der Waals surface area contributed by atoms with Gasteiger partial charge in [0.15, 0.2) is 0 Å². The molecule has 0 bridgehead atoms. The van der Waals surface area contributed by atoms with Crippen LogP contribution in [0.5, 0.6) is 0 Å². The van der Waals surface area contributed by atoms with Gasteiger partial charge in [0.2, 0.25) is 0 Å². The van der Waals surface area contributed by atoms with Crippen molar-refractivity contribution in [1.29, 1.82) is 0 Å². The van der Waals surface area contributed by atoms with Crippen LogP contribution in [-0.2, 0) is 5.41 Å². The summed E-state index contributed by atoms with van der Waals surface area (Å²) in [4.78, 5) is 11.8. The van der Waals surface area contributed by atoms with Gasteiger partial charge in [-0.05, 0) is 35.4 Å². The number of carbonyl (C=O) groups excluding carboxylic acids is 1. The SMILES string of the molecule is CC(C)C/C=N\NC(=O)c1ccc(C(C)(C)C)cc1. The summed E-state index contributed by atoms with van der Waals surface area (Å²) in [5.41, 5.74) is 4.49. The molecule has 1 N–H and O–H groups in total. The van der Waals surface area contributed by atoms with E-state index in [0.29, 0.717) is 11.5 Å². The Bertz CT molecular complexity index is 439. The van der Waals surface area contributed by atoms with E-state index in [-0.39, 0.29) is 11.3 Å². The first kappa shape index (κ1) is 15.4. The molecule has 19 heavy (non-hydrogen) atoms. The number of hydrazone groups is 1. The molecule has 0 aromatic heterocycles. The van der Waals surface area contributed by atoms with Gasteiger partial charge in [0.1, 0.15) is 0 Å². The normalized spacial score (nSPS) is 12.1. The lowest BCUT2D eigenvalue weighted by Crippen LogP contribution is -2.18. The molecule has 3 heteroatoms. The lowest BCUT2D eigenvalue weighted by molar-refractivity contribution is 0.0955. The fourth-order valence-corrected chi connectivity index (χ4v) is 1.55. The molecule has 3 nitrogen and oxygen atoms in total. The van der Waals surface area contributed by atoms with Crippen molar-refractivity contribution < 1.29 is 4.79 Å². The highest BCUT2D eigenvalue weighted by Crippen LogP contribution is 2.22. The molecule has 0 saturated heterocycles. The van der Waals surface area contributed by atoms with Crippen LogP contribution in [0.15, 0.2) is 29.4 Å². The number of amides is 1. The van der Waals surface area contributed by atoms with Crippen molar-refractivity contribution in [3.05, 3.63) is 35.4 Å². The van der Waals surface area contributed by atoms with E-state index < -0.39 is 0 Å². The molecule has 1 aromatic carbocycles. The molecule has 0 heterocycles. The fraction of sp³-hybridized carbons (Fsp3) is 0.500. The predicted octanol–water partition coefficient (Wildman–Crippen LogP) is 3.75. The van der Waals surface area contributed by atoms with Crippen LogP contribution < -0.4 is 5.43 Å². The van der Waals surface area contributed by atoms with Crippen LogP contribution in [0.4, 0.5) is 0 Å². The van der Waals surface area contributed by atoms with Crippen molar-refractivity contribution in [2.24, 2.45) is 11.0 Å². The summed E-state index contributed by atoms with van der Waals surface area (Å²) < 4.78 is 0. The van der Waals surface area contributed by atoms with E-state index in [0.717, 1.165) is 6.42 Å². The Labute approximate surface area is 116 Å². The number of rotatable bonds is 4. The van der Waals surface area contributed by atoms with Crippen LogP contribution in [0.3, 0.4) is 0 Å². The maximum atomic E-state index is 11.8. The first-order valence-corrected chi connectivity index (χ1v) is 6.73. The van der Waals surface area contributed by atoms with Gasteiger partial charge in [-0.3, -0.25) is 4.79 Å². The van der Waals surface area contributed by atoms with Gasteiger partial charge in [-0.2, -0.15) is 5.10 Å². The van der Waals surface area contributed by atoms with Gasteiger partial charge in [-0.1, -0.05) is 46.8 Å². The number of nitrogens with one attached hydrogen (secondary N) is 1. The Morgan fingerprint density at radius 3 is 2.32 bits per heavy atom. The third-order valence-corrected chi connectivity index (χ3v) is 2.85. The van der Waals surface area contributed by atoms with Gasteiger partial charge in [-0.25, -0.2) is 5.43 Å². The van der Waals surface area contributed by atoms with E-state index in [2.05, 4.69) is 45.1 Å². The maximum absolute atomic E-state index is 11.8. The van der Waals surface area contributed by atoms with E-state index >= 15 is 0 Å². The fourth-order valence-electron chi connectivity index (χ4n) is 1.55.